The summed E-state index contributed by atoms with van der Waals surface area (Å²) in [7, 11) is -3.07. The van der Waals surface area contributed by atoms with Crippen molar-refractivity contribution in [2.75, 3.05) is 0 Å². The van der Waals surface area contributed by atoms with Gasteiger partial charge in [0.15, 0.2) is 0 Å². The van der Waals surface area contributed by atoms with Crippen molar-refractivity contribution in [1.82, 2.24) is 0 Å². The highest BCUT2D eigenvalue weighted by molar-refractivity contribution is 6.60. The van der Waals surface area contributed by atoms with Crippen LogP contribution in [0.4, 0.5) is 13.2 Å². The van der Waals surface area contributed by atoms with Crippen LogP contribution in [0.25, 0.3) is 0 Å². The minimum Gasteiger partial charge on any atom is -0.371 e. The van der Waals surface area contributed by atoms with Gasteiger partial charge in [0, 0.05) is 24.4 Å². The Balaban J connectivity index is 3.09. The molecule has 0 aliphatic rings. The molecule has 0 atom stereocenters. The van der Waals surface area contributed by atoms with Crippen LogP contribution in [0.15, 0.2) is 24.3 Å². The van der Waals surface area contributed by atoms with Crippen molar-refractivity contribution < 1.29 is 26.4 Å². The van der Waals surface area contributed by atoms with Gasteiger partial charge in [-0.05, 0) is 59.2 Å². The van der Waals surface area contributed by atoms with Gasteiger partial charge in [-0.1, -0.05) is 12.1 Å². The van der Waals surface area contributed by atoms with Crippen molar-refractivity contribution in [2.45, 2.75) is 72.1 Å². The summed E-state index contributed by atoms with van der Waals surface area (Å²) in [6, 6.07) is 5.41. The van der Waals surface area contributed by atoms with Crippen molar-refractivity contribution in [1.29, 1.82) is 0 Å². The normalized spacial score (nSPS) is 13.3. The first-order chi connectivity index (χ1) is 10.9. The van der Waals surface area contributed by atoms with Gasteiger partial charge in [-0.25, -0.2) is 0 Å². The van der Waals surface area contributed by atoms with Gasteiger partial charge in [-0.2, -0.15) is 13.2 Å². The Kier molecular flexibility index (Phi) is 7.46. The molecule has 0 unspecified atom stereocenters. The third-order valence-electron chi connectivity index (χ3n) is 2.95. The molecule has 3 nitrogen and oxygen atoms in total. The van der Waals surface area contributed by atoms with E-state index in [9.17, 15) is 13.2 Å². The Morgan fingerprint density at radius 3 is 1.46 bits per heavy atom. The van der Waals surface area contributed by atoms with E-state index in [4.69, 9.17) is 13.3 Å². The van der Waals surface area contributed by atoms with E-state index in [0.29, 0.717) is 11.6 Å². The third-order valence-corrected chi connectivity index (χ3v) is 6.28. The van der Waals surface area contributed by atoms with Gasteiger partial charge < -0.3 is 13.3 Å². The first-order valence-electron chi connectivity index (χ1n) is 8.13. The lowest BCUT2D eigenvalue weighted by Gasteiger charge is -2.34. The summed E-state index contributed by atoms with van der Waals surface area (Å²) in [6.45, 7) is 11.3. The topological polar surface area (TPSA) is 27.7 Å². The summed E-state index contributed by atoms with van der Waals surface area (Å²) < 4.78 is 56.2. The van der Waals surface area contributed by atoms with Gasteiger partial charge in [-0.15, -0.1) is 0 Å². The first-order valence-corrected chi connectivity index (χ1v) is 10.1. The van der Waals surface area contributed by atoms with Crippen molar-refractivity contribution in [3.63, 3.8) is 0 Å². The minimum atomic E-state index is -4.34. The molecule has 1 rings (SSSR count). The Labute approximate surface area is 143 Å². The lowest BCUT2D eigenvalue weighted by molar-refractivity contribution is -0.137. The van der Waals surface area contributed by atoms with E-state index in [2.05, 4.69) is 0 Å². The molecule has 1 aromatic rings. The fourth-order valence-corrected chi connectivity index (χ4v) is 5.65. The number of alkyl halides is 3. The van der Waals surface area contributed by atoms with Gasteiger partial charge >= 0.3 is 15.0 Å². The van der Waals surface area contributed by atoms with Crippen molar-refractivity contribution in [3.8, 4) is 0 Å². The van der Waals surface area contributed by atoms with Gasteiger partial charge in [0.2, 0.25) is 0 Å². The molecule has 1 aromatic carbocycles. The second kappa shape index (κ2) is 8.47. The van der Waals surface area contributed by atoms with Crippen LogP contribution in [-0.4, -0.2) is 27.1 Å². The molecule has 24 heavy (non-hydrogen) atoms. The van der Waals surface area contributed by atoms with Crippen molar-refractivity contribution >= 4 is 8.80 Å². The molecule has 0 aliphatic heterocycles. The standard InChI is InChI=1S/C17H27F3O3Si/c1-12(2)21-24(22-13(3)4,23-14(5)6)11-15-7-9-16(10-8-15)17(18,19)20/h7-10,12-14H,11H2,1-6H3. The molecule has 0 fully saturated rings. The molecule has 0 spiro atoms. The Morgan fingerprint density at radius 1 is 0.792 bits per heavy atom. The fourth-order valence-electron chi connectivity index (χ4n) is 2.35. The minimum absolute atomic E-state index is 0.108. The summed E-state index contributed by atoms with van der Waals surface area (Å²) >= 11 is 0. The van der Waals surface area contributed by atoms with E-state index < -0.39 is 20.5 Å². The maximum absolute atomic E-state index is 12.7. The third kappa shape index (κ3) is 6.92. The van der Waals surface area contributed by atoms with Crippen LogP contribution < -0.4 is 0 Å². The van der Waals surface area contributed by atoms with Crippen molar-refractivity contribution in [2.24, 2.45) is 0 Å². The maximum Gasteiger partial charge on any atom is 0.506 e. The largest absolute Gasteiger partial charge is 0.506 e. The Morgan fingerprint density at radius 2 is 1.17 bits per heavy atom. The predicted molar refractivity (Wildman–Crippen MR) is 89.6 cm³/mol. The molecule has 0 aliphatic carbocycles. The molecule has 0 aromatic heterocycles. The van der Waals surface area contributed by atoms with Crippen LogP contribution in [0.2, 0.25) is 0 Å². The molecule has 0 N–H and O–H groups in total. The molecule has 0 radical (unpaired) electrons. The zero-order valence-electron chi connectivity index (χ0n) is 15.1. The highest BCUT2D eigenvalue weighted by atomic mass is 28.4. The summed E-state index contributed by atoms with van der Waals surface area (Å²) in [4.78, 5) is 0. The quantitative estimate of drug-likeness (QED) is 0.608. The summed E-state index contributed by atoms with van der Waals surface area (Å²) in [6.07, 6.45) is -4.67. The highest BCUT2D eigenvalue weighted by Gasteiger charge is 2.44. The van der Waals surface area contributed by atoms with E-state index in [0.717, 1.165) is 12.1 Å². The zero-order valence-corrected chi connectivity index (χ0v) is 16.1. The second-order valence-electron chi connectivity index (χ2n) is 6.55. The van der Waals surface area contributed by atoms with Crippen LogP contribution >= 0.6 is 0 Å². The van der Waals surface area contributed by atoms with Crippen LogP contribution in [-0.2, 0) is 25.5 Å². The molecule has 0 saturated heterocycles. The van der Waals surface area contributed by atoms with Gasteiger partial charge in [0.25, 0.3) is 0 Å². The van der Waals surface area contributed by atoms with E-state index in [1.807, 2.05) is 41.5 Å². The molecular formula is C17H27F3O3Si. The van der Waals surface area contributed by atoms with Crippen LogP contribution in [0, 0.1) is 0 Å². The van der Waals surface area contributed by atoms with Gasteiger partial charge in [0.05, 0.1) is 5.56 Å². The monoisotopic (exact) mass is 364 g/mol. The molecule has 0 bridgehead atoms. The lowest BCUT2D eigenvalue weighted by atomic mass is 10.1. The van der Waals surface area contributed by atoms with Crippen molar-refractivity contribution in [3.05, 3.63) is 35.4 Å². The Bertz CT molecular complexity index is 472. The van der Waals surface area contributed by atoms with Gasteiger partial charge in [0.1, 0.15) is 0 Å². The summed E-state index contributed by atoms with van der Waals surface area (Å²) in [5.41, 5.74) is 0.0365. The predicted octanol–water partition coefficient (Wildman–Crippen LogP) is 5.00. The fraction of sp³-hybridized carbons (Fsp3) is 0.647. The van der Waals surface area contributed by atoms with E-state index in [-0.39, 0.29) is 18.3 Å². The SMILES string of the molecule is CC(C)O[Si](Cc1ccc(C(F)(F)F)cc1)(OC(C)C)OC(C)C. The van der Waals surface area contributed by atoms with Crippen LogP contribution in [0.5, 0.6) is 0 Å². The first kappa shape index (κ1) is 21.2. The number of benzene rings is 1. The van der Waals surface area contributed by atoms with Crippen LogP contribution in [0.3, 0.4) is 0 Å². The second-order valence-corrected chi connectivity index (χ2v) is 8.98. The Hall–Kier alpha value is -0.893. The van der Waals surface area contributed by atoms with Crippen LogP contribution in [0.1, 0.15) is 52.7 Å². The zero-order chi connectivity index (χ0) is 18.5. The number of rotatable bonds is 8. The number of hydrogen-bond acceptors (Lipinski definition) is 3. The summed E-state index contributed by atoms with van der Waals surface area (Å²) in [5, 5.41) is 0. The molecule has 0 saturated carbocycles. The maximum atomic E-state index is 12.7. The van der Waals surface area contributed by atoms with E-state index in [1.165, 1.54) is 12.1 Å². The molecular weight excluding hydrogens is 337 g/mol. The highest BCUT2D eigenvalue weighted by Crippen LogP contribution is 2.30. The average molecular weight is 364 g/mol. The average Bonchev–Trinajstić information content (AvgIpc) is 2.34. The molecule has 7 heteroatoms. The number of halogens is 3. The molecule has 0 heterocycles. The molecule has 138 valence electrons. The number of hydrogen-bond donors (Lipinski definition) is 0. The lowest BCUT2D eigenvalue weighted by Crippen LogP contribution is -2.53. The van der Waals surface area contributed by atoms with E-state index in [1.54, 1.807) is 0 Å². The molecule has 0 amide bonds. The smallest absolute Gasteiger partial charge is 0.371 e. The summed E-state index contributed by atoms with van der Waals surface area (Å²) in [5.74, 6) is 0. The van der Waals surface area contributed by atoms with E-state index >= 15 is 0 Å². The van der Waals surface area contributed by atoms with Gasteiger partial charge in [-0.3, -0.25) is 0 Å².